The van der Waals surface area contributed by atoms with Gasteiger partial charge in [0.05, 0.1) is 5.69 Å². The largest absolute Gasteiger partial charge is 0.326 e. The number of H-pyrrole nitrogens is 1. The Morgan fingerprint density at radius 1 is 1.04 bits per heavy atom. The minimum Gasteiger partial charge on any atom is -0.326 e. The van der Waals surface area contributed by atoms with E-state index >= 15 is 0 Å². The van der Waals surface area contributed by atoms with Gasteiger partial charge in [0.25, 0.3) is 5.56 Å². The Morgan fingerprint density at radius 2 is 1.78 bits per heavy atom. The first-order chi connectivity index (χ1) is 11.0. The lowest BCUT2D eigenvalue weighted by Gasteiger charge is -2.09. The van der Waals surface area contributed by atoms with Crippen molar-refractivity contribution in [2.24, 2.45) is 0 Å². The van der Waals surface area contributed by atoms with Crippen LogP contribution in [0.3, 0.4) is 0 Å². The summed E-state index contributed by atoms with van der Waals surface area (Å²) in [5.41, 5.74) is 4.51. The molecule has 116 valence electrons. The van der Waals surface area contributed by atoms with Crippen LogP contribution in [0.15, 0.2) is 57.8 Å². The van der Waals surface area contributed by atoms with Crippen LogP contribution in [-0.4, -0.2) is 9.97 Å². The fourth-order valence-corrected chi connectivity index (χ4v) is 2.49. The van der Waals surface area contributed by atoms with Gasteiger partial charge in [-0.25, -0.2) is 4.98 Å². The third-order valence-electron chi connectivity index (χ3n) is 3.51. The average Bonchev–Trinajstić information content (AvgIpc) is 2.51. The number of anilines is 2. The molecule has 0 fully saturated rings. The number of aromatic nitrogens is 2. The standard InChI is InChI=1S/C18H16BrN3O/c1-11-3-5-13(6-4-11)16-10-17(23)22-18(21-16)20-14-7-8-15(19)12(2)9-14/h3-10H,1-2H3,(H2,20,21,22,23). The number of aryl methyl sites for hydroxylation is 2. The van der Waals surface area contributed by atoms with Gasteiger partial charge < -0.3 is 5.32 Å². The number of halogens is 1. The van der Waals surface area contributed by atoms with Crippen LogP contribution in [0.2, 0.25) is 0 Å². The lowest BCUT2D eigenvalue weighted by molar-refractivity contribution is 1.12. The molecule has 0 aliphatic heterocycles. The molecule has 2 N–H and O–H groups in total. The highest BCUT2D eigenvalue weighted by Gasteiger charge is 2.05. The Kier molecular flexibility index (Phi) is 4.30. The second-order valence-corrected chi connectivity index (χ2v) is 6.29. The molecule has 0 aliphatic rings. The van der Waals surface area contributed by atoms with Crippen LogP contribution in [-0.2, 0) is 0 Å². The van der Waals surface area contributed by atoms with Crippen molar-refractivity contribution in [3.8, 4) is 11.3 Å². The van der Waals surface area contributed by atoms with E-state index in [1.54, 1.807) is 0 Å². The van der Waals surface area contributed by atoms with Crippen LogP contribution >= 0.6 is 15.9 Å². The number of aromatic amines is 1. The normalized spacial score (nSPS) is 10.6. The lowest BCUT2D eigenvalue weighted by Crippen LogP contribution is -2.10. The monoisotopic (exact) mass is 369 g/mol. The molecule has 0 unspecified atom stereocenters. The number of nitrogens with one attached hydrogen (secondary N) is 2. The molecule has 4 nitrogen and oxygen atoms in total. The van der Waals surface area contributed by atoms with E-state index in [2.05, 4.69) is 31.2 Å². The number of nitrogens with zero attached hydrogens (tertiary/aromatic N) is 1. The third-order valence-corrected chi connectivity index (χ3v) is 4.40. The minimum atomic E-state index is -0.188. The van der Waals surface area contributed by atoms with Crippen molar-refractivity contribution in [3.05, 3.63) is 74.5 Å². The average molecular weight is 370 g/mol. The molecule has 3 rings (SSSR count). The van der Waals surface area contributed by atoms with Gasteiger partial charge in [0.15, 0.2) is 0 Å². The van der Waals surface area contributed by atoms with Crippen LogP contribution in [0, 0.1) is 13.8 Å². The summed E-state index contributed by atoms with van der Waals surface area (Å²) in [6.45, 7) is 4.03. The van der Waals surface area contributed by atoms with Gasteiger partial charge in [0.2, 0.25) is 5.95 Å². The van der Waals surface area contributed by atoms with Gasteiger partial charge in [0.1, 0.15) is 0 Å². The third kappa shape index (κ3) is 3.68. The Bertz CT molecular complexity index is 901. The summed E-state index contributed by atoms with van der Waals surface area (Å²) < 4.78 is 1.04. The summed E-state index contributed by atoms with van der Waals surface area (Å²) >= 11 is 3.47. The van der Waals surface area contributed by atoms with Crippen molar-refractivity contribution in [2.45, 2.75) is 13.8 Å². The molecular formula is C18H16BrN3O. The molecule has 0 aliphatic carbocycles. The van der Waals surface area contributed by atoms with Gasteiger partial charge in [0, 0.05) is 21.8 Å². The van der Waals surface area contributed by atoms with E-state index in [-0.39, 0.29) is 5.56 Å². The minimum absolute atomic E-state index is 0.188. The predicted molar refractivity (Wildman–Crippen MR) is 97.2 cm³/mol. The van der Waals surface area contributed by atoms with Gasteiger partial charge in [-0.1, -0.05) is 45.8 Å². The Hall–Kier alpha value is -2.40. The molecule has 2 aromatic carbocycles. The molecule has 5 heteroatoms. The molecule has 0 saturated carbocycles. The van der Waals surface area contributed by atoms with Crippen molar-refractivity contribution in [3.63, 3.8) is 0 Å². The molecular weight excluding hydrogens is 354 g/mol. The smallest absolute Gasteiger partial charge is 0.252 e. The van der Waals surface area contributed by atoms with Crippen LogP contribution in [0.1, 0.15) is 11.1 Å². The lowest BCUT2D eigenvalue weighted by atomic mass is 10.1. The maximum absolute atomic E-state index is 11.9. The molecule has 0 spiro atoms. The Labute approximate surface area is 142 Å². The summed E-state index contributed by atoms with van der Waals surface area (Å²) in [4.78, 5) is 19.1. The van der Waals surface area contributed by atoms with Gasteiger partial charge in [-0.15, -0.1) is 0 Å². The zero-order valence-corrected chi connectivity index (χ0v) is 14.4. The molecule has 1 aromatic heterocycles. The van der Waals surface area contributed by atoms with Crippen LogP contribution < -0.4 is 10.9 Å². The van der Waals surface area contributed by atoms with Crippen LogP contribution in [0.4, 0.5) is 11.6 Å². The fourth-order valence-electron chi connectivity index (χ4n) is 2.25. The van der Waals surface area contributed by atoms with Crippen molar-refractivity contribution in [2.75, 3.05) is 5.32 Å². The van der Waals surface area contributed by atoms with Crippen molar-refractivity contribution in [1.82, 2.24) is 9.97 Å². The molecule has 0 amide bonds. The Balaban J connectivity index is 1.95. The van der Waals surface area contributed by atoms with Crippen LogP contribution in [0.25, 0.3) is 11.3 Å². The SMILES string of the molecule is Cc1ccc(-c2cc(=O)[nH]c(Nc3ccc(Br)c(C)c3)n2)cc1. The summed E-state index contributed by atoms with van der Waals surface area (Å²) in [5.74, 6) is 0.426. The fraction of sp³-hybridized carbons (Fsp3) is 0.111. The second-order valence-electron chi connectivity index (χ2n) is 5.43. The van der Waals surface area contributed by atoms with Gasteiger partial charge >= 0.3 is 0 Å². The predicted octanol–water partition coefficient (Wildman–Crippen LogP) is 4.56. The van der Waals surface area contributed by atoms with E-state index < -0.39 is 0 Å². The van der Waals surface area contributed by atoms with E-state index in [0.717, 1.165) is 21.3 Å². The highest BCUT2D eigenvalue weighted by molar-refractivity contribution is 9.10. The summed E-state index contributed by atoms with van der Waals surface area (Å²) in [7, 11) is 0. The summed E-state index contributed by atoms with van der Waals surface area (Å²) in [6.07, 6.45) is 0. The zero-order chi connectivity index (χ0) is 16.4. The topological polar surface area (TPSA) is 57.8 Å². The van der Waals surface area contributed by atoms with E-state index in [0.29, 0.717) is 11.6 Å². The molecule has 0 bridgehead atoms. The first-order valence-corrected chi connectivity index (χ1v) is 8.02. The van der Waals surface area contributed by atoms with Crippen molar-refractivity contribution >= 4 is 27.6 Å². The summed E-state index contributed by atoms with van der Waals surface area (Å²) in [6, 6.07) is 15.3. The molecule has 0 radical (unpaired) electrons. The highest BCUT2D eigenvalue weighted by atomic mass is 79.9. The number of hydrogen-bond acceptors (Lipinski definition) is 3. The first kappa shape index (κ1) is 15.5. The van der Waals surface area contributed by atoms with E-state index in [9.17, 15) is 4.79 Å². The number of rotatable bonds is 3. The second kappa shape index (κ2) is 6.38. The molecule has 3 aromatic rings. The van der Waals surface area contributed by atoms with Crippen molar-refractivity contribution in [1.29, 1.82) is 0 Å². The first-order valence-electron chi connectivity index (χ1n) is 7.23. The van der Waals surface area contributed by atoms with Gasteiger partial charge in [-0.2, -0.15) is 0 Å². The Morgan fingerprint density at radius 3 is 2.48 bits per heavy atom. The van der Waals surface area contributed by atoms with E-state index in [1.165, 1.54) is 11.6 Å². The summed E-state index contributed by atoms with van der Waals surface area (Å²) in [5, 5.41) is 3.15. The maximum atomic E-state index is 11.9. The van der Waals surface area contributed by atoms with Crippen molar-refractivity contribution < 1.29 is 0 Å². The molecule has 0 atom stereocenters. The highest BCUT2D eigenvalue weighted by Crippen LogP contribution is 2.22. The molecule has 0 saturated heterocycles. The molecule has 1 heterocycles. The zero-order valence-electron chi connectivity index (χ0n) is 12.9. The molecule has 23 heavy (non-hydrogen) atoms. The van der Waals surface area contributed by atoms with E-state index in [4.69, 9.17) is 0 Å². The van der Waals surface area contributed by atoms with Crippen LogP contribution in [0.5, 0.6) is 0 Å². The number of hydrogen-bond donors (Lipinski definition) is 2. The van der Waals surface area contributed by atoms with Gasteiger partial charge in [-0.3, -0.25) is 9.78 Å². The van der Waals surface area contributed by atoms with E-state index in [1.807, 2.05) is 56.3 Å². The quantitative estimate of drug-likeness (QED) is 0.711. The maximum Gasteiger partial charge on any atom is 0.252 e. The van der Waals surface area contributed by atoms with Gasteiger partial charge in [-0.05, 0) is 37.6 Å². The number of benzene rings is 2.